The lowest BCUT2D eigenvalue weighted by Crippen LogP contribution is -2.26. The van der Waals surface area contributed by atoms with Crippen molar-refractivity contribution in [1.82, 2.24) is 14.3 Å². The van der Waals surface area contributed by atoms with Gasteiger partial charge in [-0.3, -0.25) is 4.57 Å². The lowest BCUT2D eigenvalue weighted by Gasteiger charge is -2.12. The zero-order valence-electron chi connectivity index (χ0n) is 12.7. The van der Waals surface area contributed by atoms with Gasteiger partial charge < -0.3 is 0 Å². The van der Waals surface area contributed by atoms with Crippen LogP contribution in [0.2, 0.25) is 0 Å². The summed E-state index contributed by atoms with van der Waals surface area (Å²) in [6.07, 6.45) is 1.65. The minimum atomic E-state index is -0.282. The van der Waals surface area contributed by atoms with Crippen molar-refractivity contribution >= 4 is 0 Å². The Morgan fingerprint density at radius 1 is 1.17 bits per heavy atom. The minimum Gasteiger partial charge on any atom is -0.271 e. The largest absolute Gasteiger partial charge is 0.351 e. The Balaban J connectivity index is 1.82. The Morgan fingerprint density at radius 3 is 2.70 bits per heavy atom. The second kappa shape index (κ2) is 5.19. The molecule has 0 radical (unpaired) electrons. The molecule has 0 N–H and O–H groups in total. The van der Waals surface area contributed by atoms with Crippen LogP contribution in [0.4, 0.5) is 4.39 Å². The molecular weight excluding hydrogens is 293 g/mol. The molecule has 5 heteroatoms. The van der Waals surface area contributed by atoms with Gasteiger partial charge in [-0.25, -0.2) is 9.18 Å². The van der Waals surface area contributed by atoms with E-state index in [0.717, 1.165) is 24.2 Å². The van der Waals surface area contributed by atoms with E-state index in [2.05, 4.69) is 5.10 Å². The number of aryl methyl sites for hydroxylation is 2. The summed E-state index contributed by atoms with van der Waals surface area (Å²) in [6, 6.07) is 14.6. The number of benzene rings is 2. The molecule has 4 rings (SSSR count). The number of fused-ring (bicyclic) bond motifs is 1. The first kappa shape index (κ1) is 13.9. The molecule has 116 valence electrons. The van der Waals surface area contributed by atoms with E-state index in [4.69, 9.17) is 0 Å². The Kier molecular flexibility index (Phi) is 3.15. The quantitative estimate of drug-likeness (QED) is 0.730. The van der Waals surface area contributed by atoms with Crippen molar-refractivity contribution in [3.63, 3.8) is 0 Å². The summed E-state index contributed by atoms with van der Waals surface area (Å²) in [5.74, 6) is 0.501. The zero-order valence-corrected chi connectivity index (χ0v) is 12.7. The van der Waals surface area contributed by atoms with Crippen molar-refractivity contribution in [1.29, 1.82) is 0 Å². The fourth-order valence-electron chi connectivity index (χ4n) is 3.22. The van der Waals surface area contributed by atoms with Crippen LogP contribution in [0.5, 0.6) is 0 Å². The highest BCUT2D eigenvalue weighted by atomic mass is 19.1. The van der Waals surface area contributed by atoms with Gasteiger partial charge in [-0.15, -0.1) is 5.10 Å². The number of hydrogen-bond acceptors (Lipinski definition) is 2. The van der Waals surface area contributed by atoms with Gasteiger partial charge in [-0.1, -0.05) is 30.3 Å². The highest BCUT2D eigenvalue weighted by Gasteiger charge is 2.29. The summed E-state index contributed by atoms with van der Waals surface area (Å²) in [5.41, 5.74) is 2.05. The van der Waals surface area contributed by atoms with E-state index in [9.17, 15) is 9.18 Å². The van der Waals surface area contributed by atoms with Gasteiger partial charge in [-0.05, 0) is 42.7 Å². The molecule has 0 saturated carbocycles. The average Bonchev–Trinajstić information content (AvgIpc) is 3.12. The van der Waals surface area contributed by atoms with E-state index in [1.165, 1.54) is 10.7 Å². The number of nitrogens with zero attached hydrogens (tertiary/aromatic N) is 3. The Hall–Kier alpha value is -2.69. The molecule has 0 fully saturated rings. The van der Waals surface area contributed by atoms with Gasteiger partial charge in [-0.2, -0.15) is 4.68 Å². The molecule has 3 aromatic rings. The molecule has 0 unspecified atom stereocenters. The van der Waals surface area contributed by atoms with Gasteiger partial charge in [0, 0.05) is 6.42 Å². The van der Waals surface area contributed by atoms with Crippen LogP contribution in [0.25, 0.3) is 5.69 Å². The van der Waals surface area contributed by atoms with E-state index in [1.54, 1.807) is 23.6 Å². The van der Waals surface area contributed by atoms with E-state index in [0.29, 0.717) is 11.3 Å². The van der Waals surface area contributed by atoms with Crippen LogP contribution in [0.1, 0.15) is 29.4 Å². The Labute approximate surface area is 132 Å². The number of aromatic nitrogens is 3. The van der Waals surface area contributed by atoms with Crippen molar-refractivity contribution in [2.45, 2.75) is 25.8 Å². The Bertz CT molecular complexity index is 927. The molecule has 0 bridgehead atoms. The van der Waals surface area contributed by atoms with Crippen molar-refractivity contribution < 1.29 is 4.39 Å². The highest BCUT2D eigenvalue weighted by Crippen LogP contribution is 2.29. The molecule has 0 spiro atoms. The van der Waals surface area contributed by atoms with Gasteiger partial charge in [0.15, 0.2) is 0 Å². The molecule has 2 aromatic carbocycles. The van der Waals surface area contributed by atoms with Crippen LogP contribution in [-0.2, 0) is 6.42 Å². The summed E-state index contributed by atoms with van der Waals surface area (Å²) >= 11 is 0. The van der Waals surface area contributed by atoms with Crippen LogP contribution >= 0.6 is 0 Å². The fourth-order valence-corrected chi connectivity index (χ4v) is 3.22. The van der Waals surface area contributed by atoms with Gasteiger partial charge in [0.25, 0.3) is 0 Å². The van der Waals surface area contributed by atoms with Gasteiger partial charge in [0.1, 0.15) is 11.6 Å². The summed E-state index contributed by atoms with van der Waals surface area (Å²) in [6.45, 7) is 1.68. The first-order valence-electron chi connectivity index (χ1n) is 7.67. The second-order valence-electron chi connectivity index (χ2n) is 5.88. The van der Waals surface area contributed by atoms with Crippen molar-refractivity contribution in [3.05, 3.63) is 81.8 Å². The number of rotatable bonds is 2. The third-order valence-electron chi connectivity index (χ3n) is 4.40. The van der Waals surface area contributed by atoms with Crippen LogP contribution < -0.4 is 5.69 Å². The molecule has 1 aliphatic rings. The fraction of sp³-hybridized carbons (Fsp3) is 0.222. The average molecular weight is 309 g/mol. The predicted molar refractivity (Wildman–Crippen MR) is 85.4 cm³/mol. The molecular formula is C18H16FN3O. The van der Waals surface area contributed by atoms with Crippen molar-refractivity contribution in [2.75, 3.05) is 0 Å². The molecule has 1 atom stereocenters. The van der Waals surface area contributed by atoms with E-state index < -0.39 is 0 Å². The number of halogens is 1. The molecule has 0 aliphatic carbocycles. The summed E-state index contributed by atoms with van der Waals surface area (Å²) in [5, 5.41) is 4.45. The van der Waals surface area contributed by atoms with E-state index >= 15 is 0 Å². The van der Waals surface area contributed by atoms with E-state index in [1.807, 2.05) is 30.3 Å². The number of hydrogen-bond donors (Lipinski definition) is 0. The molecule has 23 heavy (non-hydrogen) atoms. The third kappa shape index (κ3) is 2.20. The first-order valence-corrected chi connectivity index (χ1v) is 7.67. The normalized spacial score (nSPS) is 16.5. The van der Waals surface area contributed by atoms with Crippen molar-refractivity contribution in [3.8, 4) is 5.69 Å². The highest BCUT2D eigenvalue weighted by molar-refractivity contribution is 5.35. The predicted octanol–water partition coefficient (Wildman–Crippen LogP) is 3.02. The lowest BCUT2D eigenvalue weighted by molar-refractivity contribution is 0.587. The molecule has 2 heterocycles. The van der Waals surface area contributed by atoms with Gasteiger partial charge >= 0.3 is 5.69 Å². The molecule has 1 aliphatic heterocycles. The molecule has 0 amide bonds. The zero-order chi connectivity index (χ0) is 16.0. The van der Waals surface area contributed by atoms with E-state index in [-0.39, 0.29) is 17.5 Å². The topological polar surface area (TPSA) is 39.8 Å². The van der Waals surface area contributed by atoms with Crippen LogP contribution in [0.3, 0.4) is 0 Å². The standard InChI is InChI=1S/C18H16FN3O/c1-12-11-14(7-8-15(12)19)22-18(23)21-16(9-10-17(21)20-22)13-5-3-2-4-6-13/h2-8,11,16H,9-10H2,1H3/t16-/m0/s1. The maximum atomic E-state index is 13.4. The minimum absolute atomic E-state index is 0.0222. The molecule has 0 saturated heterocycles. The molecule has 1 aromatic heterocycles. The summed E-state index contributed by atoms with van der Waals surface area (Å²) in [7, 11) is 0. The SMILES string of the molecule is Cc1cc(-n2nc3n(c2=O)[C@H](c2ccccc2)CC3)ccc1F. The molecule has 4 nitrogen and oxygen atoms in total. The van der Waals surface area contributed by atoms with Crippen LogP contribution in [0, 0.1) is 12.7 Å². The maximum absolute atomic E-state index is 13.4. The smallest absolute Gasteiger partial charge is 0.271 e. The Morgan fingerprint density at radius 2 is 1.96 bits per heavy atom. The lowest BCUT2D eigenvalue weighted by atomic mass is 10.1. The first-order chi connectivity index (χ1) is 11.1. The maximum Gasteiger partial charge on any atom is 0.351 e. The monoisotopic (exact) mass is 309 g/mol. The summed E-state index contributed by atoms with van der Waals surface area (Å²) in [4.78, 5) is 12.8. The van der Waals surface area contributed by atoms with Crippen molar-refractivity contribution in [2.24, 2.45) is 0 Å². The van der Waals surface area contributed by atoms with Gasteiger partial charge in [0.05, 0.1) is 11.7 Å². The van der Waals surface area contributed by atoms with Gasteiger partial charge in [0.2, 0.25) is 0 Å². The van der Waals surface area contributed by atoms with Crippen LogP contribution in [-0.4, -0.2) is 14.3 Å². The van der Waals surface area contributed by atoms with Crippen LogP contribution in [0.15, 0.2) is 53.3 Å². The third-order valence-corrected chi connectivity index (χ3v) is 4.40. The second-order valence-corrected chi connectivity index (χ2v) is 5.88. The summed E-state index contributed by atoms with van der Waals surface area (Å²) < 4.78 is 16.6.